The van der Waals surface area contributed by atoms with Gasteiger partial charge in [-0.3, -0.25) is 4.79 Å². The first kappa shape index (κ1) is 18.1. The fraction of sp³-hybridized carbons (Fsp3) is 0.167. The summed E-state index contributed by atoms with van der Waals surface area (Å²) in [6.07, 6.45) is 2.49. The van der Waals surface area contributed by atoms with E-state index in [1.807, 2.05) is 6.92 Å². The Morgan fingerprint density at radius 1 is 1.00 bits per heavy atom. The van der Waals surface area contributed by atoms with Gasteiger partial charge in [-0.25, -0.2) is 8.42 Å². The Labute approximate surface area is 156 Å². The number of hydrogen-bond donors (Lipinski definition) is 0. The van der Waals surface area contributed by atoms with Crippen molar-refractivity contribution in [3.8, 4) is 0 Å². The van der Waals surface area contributed by atoms with E-state index in [0.717, 1.165) is 11.1 Å². The molecule has 130 valence electrons. The van der Waals surface area contributed by atoms with Crippen molar-refractivity contribution in [3.63, 3.8) is 0 Å². The van der Waals surface area contributed by atoms with Gasteiger partial charge in [-0.15, -0.1) is 0 Å². The number of sulfonamides is 1. The van der Waals surface area contributed by atoms with Crippen molar-refractivity contribution < 1.29 is 13.2 Å². The maximum Gasteiger partial charge on any atom is 0.243 e. The minimum Gasteiger partial charge on any atom is -0.298 e. The third-order valence-electron chi connectivity index (χ3n) is 4.03. The topological polar surface area (TPSA) is 54.5 Å². The van der Waals surface area contributed by atoms with E-state index >= 15 is 0 Å². The SMILES string of the molecule is Cc1ccc(S(=O)(=O)N2CC(=Cc3cc(Cl)c(Cl)cc3C=O)C2)cc1. The number of hydrogen-bond acceptors (Lipinski definition) is 3. The van der Waals surface area contributed by atoms with Gasteiger partial charge in [-0.05, 0) is 42.3 Å². The lowest BCUT2D eigenvalue weighted by Gasteiger charge is -2.33. The van der Waals surface area contributed by atoms with Crippen LogP contribution in [0.2, 0.25) is 10.0 Å². The standard InChI is InChI=1S/C18H15Cl2NO3S/c1-12-2-4-16(5-3-12)25(23,24)21-9-13(10-21)6-14-7-17(19)18(20)8-15(14)11-22/h2-8,11H,9-10H2,1H3. The summed E-state index contributed by atoms with van der Waals surface area (Å²) in [6.45, 7) is 2.48. The second-order valence-electron chi connectivity index (χ2n) is 5.90. The number of aryl methyl sites for hydroxylation is 1. The Balaban J connectivity index is 1.80. The third kappa shape index (κ3) is 3.65. The molecule has 0 bridgehead atoms. The zero-order valence-corrected chi connectivity index (χ0v) is 15.7. The maximum atomic E-state index is 12.5. The summed E-state index contributed by atoms with van der Waals surface area (Å²) >= 11 is 11.9. The van der Waals surface area contributed by atoms with E-state index in [1.165, 1.54) is 10.4 Å². The predicted molar refractivity (Wildman–Crippen MR) is 99.8 cm³/mol. The maximum absolute atomic E-state index is 12.5. The minimum atomic E-state index is -3.50. The van der Waals surface area contributed by atoms with Crippen LogP contribution in [0, 0.1) is 6.92 Å². The average Bonchev–Trinajstić information content (AvgIpc) is 2.53. The van der Waals surface area contributed by atoms with E-state index in [4.69, 9.17) is 23.2 Å². The normalized spacial score (nSPS) is 14.9. The molecule has 1 fully saturated rings. The molecule has 0 aromatic heterocycles. The lowest BCUT2D eigenvalue weighted by Crippen LogP contribution is -2.44. The summed E-state index contributed by atoms with van der Waals surface area (Å²) in [5, 5.41) is 0.658. The number of nitrogens with zero attached hydrogens (tertiary/aromatic N) is 1. The molecule has 2 aromatic carbocycles. The quantitative estimate of drug-likeness (QED) is 0.728. The molecule has 3 rings (SSSR count). The number of carbonyl (C=O) groups excluding carboxylic acids is 1. The van der Waals surface area contributed by atoms with Gasteiger partial charge in [0, 0.05) is 18.7 Å². The summed E-state index contributed by atoms with van der Waals surface area (Å²) in [7, 11) is -3.50. The van der Waals surface area contributed by atoms with E-state index in [1.54, 1.807) is 36.4 Å². The minimum absolute atomic E-state index is 0.278. The molecule has 0 unspecified atom stereocenters. The van der Waals surface area contributed by atoms with Gasteiger partial charge < -0.3 is 0 Å². The number of carbonyl (C=O) groups is 1. The Morgan fingerprint density at radius 3 is 2.12 bits per heavy atom. The number of rotatable bonds is 4. The first-order chi connectivity index (χ1) is 11.8. The van der Waals surface area contributed by atoms with Crippen LogP contribution in [0.1, 0.15) is 21.5 Å². The van der Waals surface area contributed by atoms with E-state index in [-0.39, 0.29) is 18.0 Å². The van der Waals surface area contributed by atoms with Crippen molar-refractivity contribution >= 4 is 45.6 Å². The summed E-state index contributed by atoms with van der Waals surface area (Å²) in [4.78, 5) is 11.5. The van der Waals surface area contributed by atoms with E-state index < -0.39 is 10.0 Å². The molecule has 2 aromatic rings. The van der Waals surface area contributed by atoms with Gasteiger partial charge >= 0.3 is 0 Å². The Kier molecular flexibility index (Phi) is 5.02. The van der Waals surface area contributed by atoms with Crippen LogP contribution in [-0.4, -0.2) is 32.1 Å². The van der Waals surface area contributed by atoms with Crippen molar-refractivity contribution in [3.05, 3.63) is 68.7 Å². The van der Waals surface area contributed by atoms with Crippen LogP contribution in [0.15, 0.2) is 46.9 Å². The zero-order chi connectivity index (χ0) is 18.2. The number of aldehydes is 1. The monoisotopic (exact) mass is 395 g/mol. The van der Waals surface area contributed by atoms with E-state index in [9.17, 15) is 13.2 Å². The molecule has 0 radical (unpaired) electrons. The first-order valence-electron chi connectivity index (χ1n) is 7.52. The van der Waals surface area contributed by atoms with E-state index in [2.05, 4.69) is 0 Å². The first-order valence-corrected chi connectivity index (χ1v) is 9.71. The molecule has 0 N–H and O–H groups in total. The predicted octanol–water partition coefficient (Wildman–Crippen LogP) is 4.20. The number of benzene rings is 2. The van der Waals surface area contributed by atoms with Crippen LogP contribution in [0.4, 0.5) is 0 Å². The van der Waals surface area contributed by atoms with Gasteiger partial charge in [0.1, 0.15) is 0 Å². The Bertz CT molecular complexity index is 959. The van der Waals surface area contributed by atoms with Gasteiger partial charge in [0.25, 0.3) is 0 Å². The van der Waals surface area contributed by atoms with Gasteiger partial charge in [0.2, 0.25) is 10.0 Å². The molecule has 25 heavy (non-hydrogen) atoms. The molecule has 1 saturated heterocycles. The van der Waals surface area contributed by atoms with Gasteiger partial charge in [-0.2, -0.15) is 4.31 Å². The zero-order valence-electron chi connectivity index (χ0n) is 13.4. The van der Waals surface area contributed by atoms with Crippen molar-refractivity contribution in [2.45, 2.75) is 11.8 Å². The molecule has 1 heterocycles. The highest BCUT2D eigenvalue weighted by atomic mass is 35.5. The van der Waals surface area contributed by atoms with Crippen LogP contribution >= 0.6 is 23.2 Å². The highest BCUT2D eigenvalue weighted by molar-refractivity contribution is 7.89. The van der Waals surface area contributed by atoms with Crippen LogP contribution in [0.5, 0.6) is 0 Å². The fourth-order valence-corrected chi connectivity index (χ4v) is 4.35. The summed E-state index contributed by atoms with van der Waals surface area (Å²) in [5.74, 6) is 0. The molecule has 0 spiro atoms. The van der Waals surface area contributed by atoms with Crippen molar-refractivity contribution in [1.82, 2.24) is 4.31 Å². The third-order valence-corrected chi connectivity index (χ3v) is 6.56. The second-order valence-corrected chi connectivity index (χ2v) is 8.65. The van der Waals surface area contributed by atoms with Gasteiger partial charge in [0.05, 0.1) is 14.9 Å². The molecule has 1 aliphatic heterocycles. The molecule has 0 saturated carbocycles. The molecular weight excluding hydrogens is 381 g/mol. The molecule has 1 aliphatic rings. The van der Waals surface area contributed by atoms with Crippen molar-refractivity contribution in [1.29, 1.82) is 0 Å². The number of halogens is 2. The molecule has 0 amide bonds. The lowest BCUT2D eigenvalue weighted by atomic mass is 10.0. The largest absolute Gasteiger partial charge is 0.298 e. The molecular formula is C18H15Cl2NO3S. The van der Waals surface area contributed by atoms with Crippen molar-refractivity contribution in [2.24, 2.45) is 0 Å². The van der Waals surface area contributed by atoms with Gasteiger partial charge in [0.15, 0.2) is 6.29 Å². The molecule has 4 nitrogen and oxygen atoms in total. The average molecular weight is 396 g/mol. The molecule has 0 aliphatic carbocycles. The molecule has 7 heteroatoms. The Morgan fingerprint density at radius 2 is 1.56 bits per heavy atom. The van der Waals surface area contributed by atoms with E-state index in [0.29, 0.717) is 27.5 Å². The highest BCUT2D eigenvalue weighted by Crippen LogP contribution is 2.30. The summed E-state index contributed by atoms with van der Waals surface area (Å²) < 4.78 is 26.5. The van der Waals surface area contributed by atoms with Crippen LogP contribution < -0.4 is 0 Å². The van der Waals surface area contributed by atoms with Crippen LogP contribution in [0.25, 0.3) is 6.08 Å². The Hall–Kier alpha value is -1.66. The summed E-state index contributed by atoms with van der Waals surface area (Å²) in [5.41, 5.74) is 2.95. The smallest absolute Gasteiger partial charge is 0.243 e. The highest BCUT2D eigenvalue weighted by Gasteiger charge is 2.32. The van der Waals surface area contributed by atoms with Crippen LogP contribution in [-0.2, 0) is 10.0 Å². The molecule has 0 atom stereocenters. The van der Waals surface area contributed by atoms with Crippen molar-refractivity contribution in [2.75, 3.05) is 13.1 Å². The van der Waals surface area contributed by atoms with Gasteiger partial charge in [-0.1, -0.05) is 47.0 Å². The second kappa shape index (κ2) is 6.92. The fourth-order valence-electron chi connectivity index (χ4n) is 2.55. The van der Waals surface area contributed by atoms with Crippen LogP contribution in [0.3, 0.4) is 0 Å². The summed E-state index contributed by atoms with van der Waals surface area (Å²) in [6, 6.07) is 9.87. The lowest BCUT2D eigenvalue weighted by molar-refractivity contribution is 0.112.